The first-order chi connectivity index (χ1) is 12.8. The van der Waals surface area contributed by atoms with Gasteiger partial charge in [0.1, 0.15) is 17.3 Å². The Morgan fingerprint density at radius 3 is 2.63 bits per heavy atom. The number of nitrogens with zero attached hydrogens (tertiary/aromatic N) is 1. The van der Waals surface area contributed by atoms with Crippen LogP contribution in [0, 0.1) is 5.82 Å². The van der Waals surface area contributed by atoms with Gasteiger partial charge in [-0.3, -0.25) is 0 Å². The first-order valence-corrected chi connectivity index (χ1v) is 8.73. The predicted octanol–water partition coefficient (Wildman–Crippen LogP) is 3.78. The molecule has 0 bridgehead atoms. The lowest BCUT2D eigenvalue weighted by Crippen LogP contribution is -2.36. The maximum absolute atomic E-state index is 14.2. The van der Waals surface area contributed by atoms with E-state index in [-0.39, 0.29) is 5.56 Å². The van der Waals surface area contributed by atoms with E-state index in [1.54, 1.807) is 12.1 Å². The van der Waals surface area contributed by atoms with Crippen molar-refractivity contribution in [2.75, 3.05) is 34.8 Å². The number of fused-ring (bicyclic) bond motifs is 1. The summed E-state index contributed by atoms with van der Waals surface area (Å²) in [4.78, 5) is 15.7. The van der Waals surface area contributed by atoms with Gasteiger partial charge in [-0.25, -0.2) is 9.18 Å². The number of esters is 1. The molecule has 3 aromatic rings. The van der Waals surface area contributed by atoms with Crippen molar-refractivity contribution in [1.82, 2.24) is 4.98 Å². The maximum atomic E-state index is 14.2. The lowest BCUT2D eigenvalue weighted by atomic mass is 10.1. The van der Waals surface area contributed by atoms with E-state index in [1.807, 2.05) is 12.3 Å². The third-order valence-electron chi connectivity index (χ3n) is 4.40. The standard InChI is InChI=1S/C21H24FN2O3/c1-24(2,3)11-10-14-13-23-18-6-5-7-19(20(14)18)27-21(25)16-9-8-15(26-4)12-17(16)22/h5-9,12-13,23H,10-11H2,1-4H3/q+1. The van der Waals surface area contributed by atoms with E-state index < -0.39 is 11.8 Å². The van der Waals surface area contributed by atoms with E-state index in [4.69, 9.17) is 9.47 Å². The number of hydrogen-bond acceptors (Lipinski definition) is 3. The Morgan fingerprint density at radius 1 is 1.19 bits per heavy atom. The van der Waals surface area contributed by atoms with E-state index in [0.717, 1.165) is 33.9 Å². The second-order valence-corrected chi connectivity index (χ2v) is 7.49. The molecule has 0 radical (unpaired) electrons. The number of aromatic amines is 1. The molecule has 2 aromatic carbocycles. The third-order valence-corrected chi connectivity index (χ3v) is 4.40. The fraction of sp³-hybridized carbons (Fsp3) is 0.286. The molecule has 0 saturated carbocycles. The molecule has 1 heterocycles. The Hall–Kier alpha value is -2.86. The summed E-state index contributed by atoms with van der Waals surface area (Å²) in [6, 6.07) is 9.52. The Balaban J connectivity index is 1.90. The molecule has 0 atom stereocenters. The summed E-state index contributed by atoms with van der Waals surface area (Å²) in [6.45, 7) is 0.933. The number of aromatic nitrogens is 1. The smallest absolute Gasteiger partial charge is 0.346 e. The number of H-pyrrole nitrogens is 1. The molecule has 0 aliphatic rings. The fourth-order valence-corrected chi connectivity index (χ4v) is 2.90. The summed E-state index contributed by atoms with van der Waals surface area (Å²) in [5.41, 5.74) is 1.82. The Bertz CT molecular complexity index is 973. The van der Waals surface area contributed by atoms with Gasteiger partial charge in [-0.05, 0) is 29.8 Å². The molecule has 27 heavy (non-hydrogen) atoms. The van der Waals surface area contributed by atoms with Crippen LogP contribution in [0.2, 0.25) is 0 Å². The highest BCUT2D eigenvalue weighted by atomic mass is 19.1. The van der Waals surface area contributed by atoms with Crippen LogP contribution in [0.15, 0.2) is 42.6 Å². The van der Waals surface area contributed by atoms with Crippen LogP contribution in [0.25, 0.3) is 10.9 Å². The van der Waals surface area contributed by atoms with Crippen LogP contribution in [0.3, 0.4) is 0 Å². The normalized spacial score (nSPS) is 11.6. The number of carbonyl (C=O) groups is 1. The molecule has 6 heteroatoms. The first kappa shape index (κ1) is 18.9. The van der Waals surface area contributed by atoms with Crippen molar-refractivity contribution in [1.29, 1.82) is 0 Å². The molecule has 1 N–H and O–H groups in total. The highest BCUT2D eigenvalue weighted by molar-refractivity contribution is 5.96. The van der Waals surface area contributed by atoms with Crippen LogP contribution >= 0.6 is 0 Å². The zero-order chi connectivity index (χ0) is 19.6. The van der Waals surface area contributed by atoms with Crippen molar-refractivity contribution in [2.24, 2.45) is 0 Å². The fourth-order valence-electron chi connectivity index (χ4n) is 2.90. The van der Waals surface area contributed by atoms with Crippen LogP contribution < -0.4 is 9.47 Å². The van der Waals surface area contributed by atoms with Gasteiger partial charge in [0.15, 0.2) is 0 Å². The van der Waals surface area contributed by atoms with Crippen molar-refractivity contribution in [3.05, 3.63) is 59.5 Å². The first-order valence-electron chi connectivity index (χ1n) is 8.73. The summed E-state index contributed by atoms with van der Waals surface area (Å²) in [5.74, 6) is -0.642. The minimum atomic E-state index is -0.735. The molecule has 3 rings (SSSR count). The Morgan fingerprint density at radius 2 is 1.96 bits per heavy atom. The van der Waals surface area contributed by atoms with Gasteiger partial charge < -0.3 is 18.9 Å². The average molecular weight is 371 g/mol. The van der Waals surface area contributed by atoms with Gasteiger partial charge in [-0.15, -0.1) is 0 Å². The number of quaternary nitrogens is 1. The zero-order valence-electron chi connectivity index (χ0n) is 16.0. The third kappa shape index (κ3) is 4.28. The van der Waals surface area contributed by atoms with Crippen molar-refractivity contribution < 1.29 is 23.1 Å². The SMILES string of the molecule is COc1ccc(C(=O)Oc2cccc3[nH]cc(CC[N+](C)(C)C)c23)c(F)c1. The predicted molar refractivity (Wildman–Crippen MR) is 103 cm³/mol. The molecule has 1 aromatic heterocycles. The summed E-state index contributed by atoms with van der Waals surface area (Å²) >= 11 is 0. The molecule has 0 unspecified atom stereocenters. The van der Waals surface area contributed by atoms with Crippen LogP contribution in [-0.4, -0.2) is 50.2 Å². The monoisotopic (exact) mass is 371 g/mol. The van der Waals surface area contributed by atoms with E-state index in [2.05, 4.69) is 26.1 Å². The Labute approximate surface area is 157 Å². The lowest BCUT2D eigenvalue weighted by molar-refractivity contribution is -0.870. The maximum Gasteiger partial charge on any atom is 0.346 e. The molecule has 142 valence electrons. The minimum absolute atomic E-state index is 0.128. The second-order valence-electron chi connectivity index (χ2n) is 7.49. The summed E-state index contributed by atoms with van der Waals surface area (Å²) < 4.78 is 25.5. The van der Waals surface area contributed by atoms with Crippen molar-refractivity contribution in [3.8, 4) is 11.5 Å². The molecule has 0 saturated heterocycles. The topological polar surface area (TPSA) is 51.3 Å². The molecule has 0 fully saturated rings. The van der Waals surface area contributed by atoms with E-state index >= 15 is 0 Å². The summed E-state index contributed by atoms with van der Waals surface area (Å²) in [6.07, 6.45) is 2.76. The second kappa shape index (κ2) is 7.40. The lowest BCUT2D eigenvalue weighted by Gasteiger charge is -2.23. The number of ether oxygens (including phenoxy) is 2. The molecule has 0 aliphatic heterocycles. The number of methoxy groups -OCH3 is 1. The molecular formula is C21H24FN2O3+. The zero-order valence-corrected chi connectivity index (χ0v) is 16.0. The number of hydrogen-bond donors (Lipinski definition) is 1. The highest BCUT2D eigenvalue weighted by Crippen LogP contribution is 2.30. The highest BCUT2D eigenvalue weighted by Gasteiger charge is 2.19. The number of halogens is 1. The van der Waals surface area contributed by atoms with Gasteiger partial charge in [0.25, 0.3) is 0 Å². The van der Waals surface area contributed by atoms with Crippen LogP contribution in [0.5, 0.6) is 11.5 Å². The Kier molecular flexibility index (Phi) is 5.19. The number of carbonyl (C=O) groups excluding carboxylic acids is 1. The van der Waals surface area contributed by atoms with Crippen LogP contribution in [-0.2, 0) is 6.42 Å². The molecule has 0 amide bonds. The van der Waals surface area contributed by atoms with E-state index in [9.17, 15) is 9.18 Å². The van der Waals surface area contributed by atoms with Crippen molar-refractivity contribution in [2.45, 2.75) is 6.42 Å². The number of benzene rings is 2. The number of nitrogens with one attached hydrogen (secondary N) is 1. The van der Waals surface area contributed by atoms with Crippen LogP contribution in [0.1, 0.15) is 15.9 Å². The number of likely N-dealkylation sites (N-methyl/N-ethyl adjacent to an activating group) is 1. The largest absolute Gasteiger partial charge is 0.497 e. The van der Waals surface area contributed by atoms with Gasteiger partial charge in [-0.2, -0.15) is 0 Å². The minimum Gasteiger partial charge on any atom is -0.497 e. The quantitative estimate of drug-likeness (QED) is 0.408. The van der Waals surface area contributed by atoms with Crippen molar-refractivity contribution in [3.63, 3.8) is 0 Å². The molecule has 0 spiro atoms. The van der Waals surface area contributed by atoms with E-state index in [1.165, 1.54) is 25.3 Å². The summed E-state index contributed by atoms with van der Waals surface area (Å²) in [7, 11) is 7.82. The molecular weight excluding hydrogens is 347 g/mol. The van der Waals surface area contributed by atoms with Crippen LogP contribution in [0.4, 0.5) is 4.39 Å². The molecule has 5 nitrogen and oxygen atoms in total. The number of rotatable bonds is 6. The van der Waals surface area contributed by atoms with Gasteiger partial charge in [0, 0.05) is 29.6 Å². The van der Waals surface area contributed by atoms with Crippen molar-refractivity contribution >= 4 is 16.9 Å². The van der Waals surface area contributed by atoms with Gasteiger partial charge in [0.05, 0.1) is 40.4 Å². The van der Waals surface area contributed by atoms with Gasteiger partial charge >= 0.3 is 5.97 Å². The van der Waals surface area contributed by atoms with Gasteiger partial charge in [-0.1, -0.05) is 6.07 Å². The average Bonchev–Trinajstić information content (AvgIpc) is 3.03. The van der Waals surface area contributed by atoms with E-state index in [0.29, 0.717) is 11.5 Å². The molecule has 0 aliphatic carbocycles. The van der Waals surface area contributed by atoms with Gasteiger partial charge in [0.2, 0.25) is 0 Å². The summed E-state index contributed by atoms with van der Waals surface area (Å²) in [5, 5.41) is 0.855.